The molecule has 1 aromatic heterocycles. The zero-order valence-corrected chi connectivity index (χ0v) is 11.8. The number of carbonyl (C=O) groups excluding carboxylic acids is 1. The molecule has 0 atom stereocenters. The minimum atomic E-state index is -4.79. The maximum Gasteiger partial charge on any atom is 0.419 e. The molecule has 0 saturated carbocycles. The molecule has 0 N–H and O–H groups in total. The van der Waals surface area contributed by atoms with Gasteiger partial charge in [-0.15, -0.1) is 11.3 Å². The maximum absolute atomic E-state index is 13.3. The van der Waals surface area contributed by atoms with Gasteiger partial charge in [0.1, 0.15) is 5.82 Å². The lowest BCUT2D eigenvalue weighted by Crippen LogP contribution is -2.15. The van der Waals surface area contributed by atoms with Crippen LogP contribution < -0.4 is 4.80 Å². The Morgan fingerprint density at radius 3 is 2.57 bits per heavy atom. The number of thiazole rings is 1. The first kappa shape index (κ1) is 15.4. The van der Waals surface area contributed by atoms with Crippen molar-refractivity contribution in [1.29, 1.82) is 0 Å². The molecule has 8 heteroatoms. The molecule has 2 aromatic rings. The van der Waals surface area contributed by atoms with Crippen LogP contribution in [-0.2, 0) is 11.0 Å². The fourth-order valence-electron chi connectivity index (χ4n) is 1.73. The second-order valence-electron chi connectivity index (χ2n) is 4.29. The van der Waals surface area contributed by atoms with Crippen molar-refractivity contribution in [2.24, 2.45) is 4.99 Å². The molecule has 1 amide bonds. The predicted molar refractivity (Wildman–Crippen MR) is 69.6 cm³/mol. The summed E-state index contributed by atoms with van der Waals surface area (Å²) in [5.74, 6) is -1.81. The van der Waals surface area contributed by atoms with Gasteiger partial charge in [-0.25, -0.2) is 4.39 Å². The molecule has 0 spiro atoms. The highest BCUT2D eigenvalue weighted by molar-refractivity contribution is 7.09. The number of alkyl halides is 3. The molecular weight excluding hydrogens is 308 g/mol. The highest BCUT2D eigenvalue weighted by Crippen LogP contribution is 2.32. The number of halogens is 4. The van der Waals surface area contributed by atoms with Crippen LogP contribution in [0, 0.1) is 12.7 Å². The SMILES string of the molecule is CC(=O)N=c1sc(C)cn1-c1ccc(F)c(C(F)(F)F)c1. The fourth-order valence-corrected chi connectivity index (χ4v) is 2.61. The number of aryl methyl sites for hydroxylation is 1. The topological polar surface area (TPSA) is 34.4 Å². The number of benzene rings is 1. The van der Waals surface area contributed by atoms with Crippen molar-refractivity contribution in [2.75, 3.05) is 0 Å². The second-order valence-corrected chi connectivity index (χ2v) is 5.50. The molecular formula is C13H10F4N2OS. The second kappa shape index (κ2) is 5.44. The lowest BCUT2D eigenvalue weighted by molar-refractivity contribution is -0.140. The Balaban J connectivity index is 2.67. The van der Waals surface area contributed by atoms with E-state index in [4.69, 9.17) is 0 Å². The van der Waals surface area contributed by atoms with Crippen LogP contribution in [0.3, 0.4) is 0 Å². The molecule has 0 aliphatic carbocycles. The largest absolute Gasteiger partial charge is 0.419 e. The Hall–Kier alpha value is -1.96. The van der Waals surface area contributed by atoms with Crippen LogP contribution in [0.2, 0.25) is 0 Å². The van der Waals surface area contributed by atoms with E-state index in [0.29, 0.717) is 6.07 Å². The first-order valence-electron chi connectivity index (χ1n) is 5.80. The highest BCUT2D eigenvalue weighted by Gasteiger charge is 2.34. The van der Waals surface area contributed by atoms with Gasteiger partial charge in [0, 0.05) is 23.7 Å². The van der Waals surface area contributed by atoms with Crippen LogP contribution in [-0.4, -0.2) is 10.5 Å². The summed E-state index contributed by atoms with van der Waals surface area (Å²) in [5.41, 5.74) is -1.27. The third kappa shape index (κ3) is 3.38. The Kier molecular flexibility index (Phi) is 3.99. The third-order valence-corrected chi connectivity index (χ3v) is 3.45. The van der Waals surface area contributed by atoms with Gasteiger partial charge in [0.05, 0.1) is 5.56 Å². The van der Waals surface area contributed by atoms with Gasteiger partial charge in [0.15, 0.2) is 4.80 Å². The average molecular weight is 318 g/mol. The van der Waals surface area contributed by atoms with Crippen LogP contribution in [0.5, 0.6) is 0 Å². The number of nitrogens with zero attached hydrogens (tertiary/aromatic N) is 2. The molecule has 0 saturated heterocycles. The molecule has 2 rings (SSSR count). The van der Waals surface area contributed by atoms with Crippen LogP contribution >= 0.6 is 11.3 Å². The molecule has 0 aliphatic heterocycles. The Morgan fingerprint density at radius 2 is 2.00 bits per heavy atom. The summed E-state index contributed by atoms with van der Waals surface area (Å²) in [6, 6.07) is 2.65. The number of hydrogen-bond acceptors (Lipinski definition) is 2. The van der Waals surface area contributed by atoms with E-state index in [2.05, 4.69) is 4.99 Å². The summed E-state index contributed by atoms with van der Waals surface area (Å²) >= 11 is 1.16. The van der Waals surface area contributed by atoms with Crippen molar-refractivity contribution >= 4 is 17.2 Å². The van der Waals surface area contributed by atoms with Gasteiger partial charge >= 0.3 is 6.18 Å². The van der Waals surface area contributed by atoms with Crippen molar-refractivity contribution < 1.29 is 22.4 Å². The zero-order valence-electron chi connectivity index (χ0n) is 11.0. The smallest absolute Gasteiger partial charge is 0.292 e. The van der Waals surface area contributed by atoms with E-state index < -0.39 is 23.5 Å². The minimum Gasteiger partial charge on any atom is -0.292 e. The van der Waals surface area contributed by atoms with Gasteiger partial charge in [-0.2, -0.15) is 18.2 Å². The highest BCUT2D eigenvalue weighted by atomic mass is 32.1. The third-order valence-electron chi connectivity index (χ3n) is 2.56. The van der Waals surface area contributed by atoms with Crippen LogP contribution in [0.15, 0.2) is 29.4 Å². The average Bonchev–Trinajstić information content (AvgIpc) is 2.68. The van der Waals surface area contributed by atoms with Gasteiger partial charge in [0.2, 0.25) is 5.91 Å². The maximum atomic E-state index is 13.3. The lowest BCUT2D eigenvalue weighted by Gasteiger charge is -2.10. The molecule has 3 nitrogen and oxygen atoms in total. The standard InChI is InChI=1S/C13H10F4N2OS/c1-7-6-19(12(21-7)18-8(2)20)9-3-4-11(14)10(5-9)13(15,16)17/h3-6H,1-2H3. The number of carbonyl (C=O) groups is 1. The first-order chi connectivity index (χ1) is 9.68. The summed E-state index contributed by atoms with van der Waals surface area (Å²) in [4.78, 5) is 15.8. The van der Waals surface area contributed by atoms with Crippen molar-refractivity contribution in [1.82, 2.24) is 4.57 Å². The first-order valence-corrected chi connectivity index (χ1v) is 6.61. The van der Waals surface area contributed by atoms with E-state index in [9.17, 15) is 22.4 Å². The number of amides is 1. The molecule has 0 radical (unpaired) electrons. The normalized spacial score (nSPS) is 12.8. The van der Waals surface area contributed by atoms with Gasteiger partial charge < -0.3 is 0 Å². The molecule has 0 aliphatic rings. The van der Waals surface area contributed by atoms with E-state index in [1.807, 2.05) is 0 Å². The van der Waals surface area contributed by atoms with Crippen molar-refractivity contribution in [3.8, 4) is 5.69 Å². The van der Waals surface area contributed by atoms with Crippen LogP contribution in [0.25, 0.3) is 5.69 Å². The van der Waals surface area contributed by atoms with Gasteiger partial charge in [-0.1, -0.05) is 0 Å². The molecule has 0 fully saturated rings. The fraction of sp³-hybridized carbons (Fsp3) is 0.231. The van der Waals surface area contributed by atoms with E-state index in [1.54, 1.807) is 13.1 Å². The van der Waals surface area contributed by atoms with E-state index >= 15 is 0 Å². The molecule has 1 aromatic carbocycles. The monoisotopic (exact) mass is 318 g/mol. The van der Waals surface area contributed by atoms with Gasteiger partial charge in [0.25, 0.3) is 0 Å². The summed E-state index contributed by atoms with van der Waals surface area (Å²) in [6.45, 7) is 2.97. The number of hydrogen-bond donors (Lipinski definition) is 0. The number of rotatable bonds is 1. The molecule has 1 heterocycles. The molecule has 112 valence electrons. The predicted octanol–water partition coefficient (Wildman–Crippen LogP) is 3.45. The number of aromatic nitrogens is 1. The molecule has 0 bridgehead atoms. The van der Waals surface area contributed by atoms with Crippen LogP contribution in [0.1, 0.15) is 17.4 Å². The summed E-state index contributed by atoms with van der Waals surface area (Å²) in [6.07, 6.45) is -3.25. The Morgan fingerprint density at radius 1 is 1.33 bits per heavy atom. The van der Waals surface area contributed by atoms with Crippen molar-refractivity contribution in [2.45, 2.75) is 20.0 Å². The summed E-state index contributed by atoms with van der Waals surface area (Å²) in [5, 5.41) is 0. The summed E-state index contributed by atoms with van der Waals surface area (Å²) in [7, 11) is 0. The molecule has 21 heavy (non-hydrogen) atoms. The van der Waals surface area contributed by atoms with Gasteiger partial charge in [-0.3, -0.25) is 9.36 Å². The summed E-state index contributed by atoms with van der Waals surface area (Å²) < 4.78 is 52.8. The van der Waals surface area contributed by atoms with Crippen molar-refractivity contribution in [3.05, 3.63) is 45.5 Å². The van der Waals surface area contributed by atoms with E-state index in [1.165, 1.54) is 17.6 Å². The minimum absolute atomic E-state index is 0.0908. The lowest BCUT2D eigenvalue weighted by atomic mass is 10.2. The van der Waals surface area contributed by atoms with Gasteiger partial charge in [-0.05, 0) is 25.1 Å². The Labute approximate surface area is 121 Å². The quantitative estimate of drug-likeness (QED) is 0.742. The Bertz CT molecular complexity index is 758. The molecule has 0 unspecified atom stereocenters. The van der Waals surface area contributed by atoms with E-state index in [0.717, 1.165) is 22.3 Å². The zero-order chi connectivity index (χ0) is 15.8. The van der Waals surface area contributed by atoms with Crippen LogP contribution in [0.4, 0.5) is 17.6 Å². The van der Waals surface area contributed by atoms with E-state index in [-0.39, 0.29) is 10.5 Å². The van der Waals surface area contributed by atoms with Crippen molar-refractivity contribution in [3.63, 3.8) is 0 Å².